The summed E-state index contributed by atoms with van der Waals surface area (Å²) in [4.78, 5) is 10.9. The van der Waals surface area contributed by atoms with Crippen LogP contribution in [0.4, 0.5) is 0 Å². The van der Waals surface area contributed by atoms with Gasteiger partial charge in [0, 0.05) is 5.56 Å². The second-order valence-electron chi connectivity index (χ2n) is 3.04. The standard InChI is InChI=1S/C11H8ClNO2/c12-9-6-7(10-2-1-5-15-10)3-4-8(9)11(13)14/h1-6H,(H2,13,14). The number of primary amides is 1. The summed E-state index contributed by atoms with van der Waals surface area (Å²) in [6.45, 7) is 0. The third-order valence-corrected chi connectivity index (χ3v) is 2.35. The van der Waals surface area contributed by atoms with Crippen molar-refractivity contribution in [1.82, 2.24) is 0 Å². The van der Waals surface area contributed by atoms with E-state index in [-0.39, 0.29) is 0 Å². The van der Waals surface area contributed by atoms with Crippen LogP contribution in [0.1, 0.15) is 10.4 Å². The first-order valence-corrected chi connectivity index (χ1v) is 4.69. The Hall–Kier alpha value is -1.74. The zero-order valence-corrected chi connectivity index (χ0v) is 8.49. The van der Waals surface area contributed by atoms with Gasteiger partial charge in [0.25, 0.3) is 0 Å². The van der Waals surface area contributed by atoms with Crippen LogP contribution in [-0.4, -0.2) is 5.91 Å². The molecule has 1 amide bonds. The number of benzene rings is 1. The zero-order chi connectivity index (χ0) is 10.8. The van der Waals surface area contributed by atoms with Crippen molar-refractivity contribution in [2.24, 2.45) is 5.73 Å². The van der Waals surface area contributed by atoms with E-state index in [1.165, 1.54) is 0 Å². The first-order chi connectivity index (χ1) is 7.18. The van der Waals surface area contributed by atoms with E-state index in [0.717, 1.165) is 5.56 Å². The predicted molar refractivity (Wildman–Crippen MR) is 57.7 cm³/mol. The van der Waals surface area contributed by atoms with Gasteiger partial charge < -0.3 is 10.2 Å². The number of hydrogen-bond acceptors (Lipinski definition) is 2. The van der Waals surface area contributed by atoms with Gasteiger partial charge in [-0.1, -0.05) is 17.7 Å². The highest BCUT2D eigenvalue weighted by atomic mass is 35.5. The van der Waals surface area contributed by atoms with Gasteiger partial charge in [-0.15, -0.1) is 0 Å². The minimum absolute atomic E-state index is 0.312. The van der Waals surface area contributed by atoms with Crippen molar-refractivity contribution >= 4 is 17.5 Å². The number of carbonyl (C=O) groups excluding carboxylic acids is 1. The highest BCUT2D eigenvalue weighted by molar-refractivity contribution is 6.34. The molecule has 0 saturated heterocycles. The van der Waals surface area contributed by atoms with Gasteiger partial charge in [0.15, 0.2) is 0 Å². The molecular formula is C11H8ClNO2. The van der Waals surface area contributed by atoms with Gasteiger partial charge >= 0.3 is 0 Å². The van der Waals surface area contributed by atoms with Crippen molar-refractivity contribution in [3.05, 3.63) is 47.2 Å². The van der Waals surface area contributed by atoms with Crippen LogP contribution >= 0.6 is 11.6 Å². The van der Waals surface area contributed by atoms with Gasteiger partial charge in [-0.3, -0.25) is 4.79 Å². The van der Waals surface area contributed by atoms with Gasteiger partial charge in [0.1, 0.15) is 5.76 Å². The first-order valence-electron chi connectivity index (χ1n) is 4.31. The molecule has 0 aliphatic rings. The van der Waals surface area contributed by atoms with Gasteiger partial charge in [-0.05, 0) is 24.3 Å². The summed E-state index contributed by atoms with van der Waals surface area (Å²) in [5.74, 6) is 0.166. The summed E-state index contributed by atoms with van der Waals surface area (Å²) in [6.07, 6.45) is 1.57. The van der Waals surface area contributed by atoms with E-state index in [2.05, 4.69) is 0 Å². The molecule has 3 nitrogen and oxygen atoms in total. The Morgan fingerprint density at radius 1 is 1.33 bits per heavy atom. The fourth-order valence-electron chi connectivity index (χ4n) is 1.31. The molecule has 2 aromatic rings. The molecule has 0 fully saturated rings. The van der Waals surface area contributed by atoms with Crippen LogP contribution in [0.2, 0.25) is 5.02 Å². The smallest absolute Gasteiger partial charge is 0.250 e. The number of halogens is 1. The lowest BCUT2D eigenvalue weighted by Gasteiger charge is -2.01. The summed E-state index contributed by atoms with van der Waals surface area (Å²) in [6, 6.07) is 8.58. The van der Waals surface area contributed by atoms with Crippen molar-refractivity contribution in [1.29, 1.82) is 0 Å². The van der Waals surface area contributed by atoms with Crippen LogP contribution in [0.15, 0.2) is 41.0 Å². The number of furan rings is 1. The maximum absolute atomic E-state index is 10.9. The average molecular weight is 222 g/mol. The minimum atomic E-state index is -0.536. The molecule has 0 atom stereocenters. The SMILES string of the molecule is NC(=O)c1ccc(-c2ccco2)cc1Cl. The molecule has 4 heteroatoms. The van der Waals surface area contributed by atoms with Gasteiger partial charge in [0.05, 0.1) is 16.8 Å². The maximum atomic E-state index is 10.9. The molecule has 2 N–H and O–H groups in total. The second kappa shape index (κ2) is 3.79. The molecule has 0 aliphatic heterocycles. The Kier molecular flexibility index (Phi) is 2.47. The number of rotatable bonds is 2. The molecular weight excluding hydrogens is 214 g/mol. The molecule has 0 aliphatic carbocycles. The van der Waals surface area contributed by atoms with Crippen molar-refractivity contribution in [3.8, 4) is 11.3 Å². The van der Waals surface area contributed by atoms with Gasteiger partial charge in [0.2, 0.25) is 5.91 Å². The second-order valence-corrected chi connectivity index (χ2v) is 3.44. The number of nitrogens with two attached hydrogens (primary N) is 1. The molecule has 15 heavy (non-hydrogen) atoms. The normalized spacial score (nSPS) is 10.2. The van der Waals surface area contributed by atoms with Crippen molar-refractivity contribution < 1.29 is 9.21 Å². The van der Waals surface area contributed by atoms with E-state index < -0.39 is 5.91 Å². The largest absolute Gasteiger partial charge is 0.464 e. The Balaban J connectivity index is 2.47. The monoisotopic (exact) mass is 221 g/mol. The van der Waals surface area contributed by atoms with E-state index in [4.69, 9.17) is 21.8 Å². The molecule has 0 unspecified atom stereocenters. The van der Waals surface area contributed by atoms with E-state index >= 15 is 0 Å². The summed E-state index contributed by atoms with van der Waals surface area (Å²) < 4.78 is 5.20. The quantitative estimate of drug-likeness (QED) is 0.848. The third-order valence-electron chi connectivity index (χ3n) is 2.04. The Labute approximate surface area is 91.5 Å². The topological polar surface area (TPSA) is 56.2 Å². The summed E-state index contributed by atoms with van der Waals surface area (Å²) in [5, 5.41) is 0.330. The molecule has 0 radical (unpaired) electrons. The Bertz CT molecular complexity index is 491. The van der Waals surface area contributed by atoms with Crippen LogP contribution in [-0.2, 0) is 0 Å². The molecule has 0 saturated carbocycles. The number of carbonyl (C=O) groups is 1. The van der Waals surface area contributed by atoms with Crippen LogP contribution in [0.25, 0.3) is 11.3 Å². The molecule has 2 rings (SSSR count). The number of amides is 1. The molecule has 1 heterocycles. The predicted octanol–water partition coefficient (Wildman–Crippen LogP) is 2.70. The van der Waals surface area contributed by atoms with Crippen LogP contribution in [0.5, 0.6) is 0 Å². The van der Waals surface area contributed by atoms with Crippen LogP contribution < -0.4 is 5.73 Å². The third kappa shape index (κ3) is 1.87. The first kappa shape index (κ1) is 9.80. The molecule has 1 aromatic carbocycles. The lowest BCUT2D eigenvalue weighted by molar-refractivity contribution is 0.100. The van der Waals surface area contributed by atoms with Crippen LogP contribution in [0.3, 0.4) is 0 Å². The fraction of sp³-hybridized carbons (Fsp3) is 0. The van der Waals surface area contributed by atoms with E-state index in [1.54, 1.807) is 30.5 Å². The van der Waals surface area contributed by atoms with E-state index in [9.17, 15) is 4.79 Å². The maximum Gasteiger partial charge on any atom is 0.250 e. The lowest BCUT2D eigenvalue weighted by Crippen LogP contribution is -2.11. The average Bonchev–Trinajstić information content (AvgIpc) is 2.69. The van der Waals surface area contributed by atoms with Crippen molar-refractivity contribution in [2.75, 3.05) is 0 Å². The number of hydrogen-bond donors (Lipinski definition) is 1. The molecule has 0 bridgehead atoms. The molecule has 1 aromatic heterocycles. The minimum Gasteiger partial charge on any atom is -0.464 e. The van der Waals surface area contributed by atoms with E-state index in [1.807, 2.05) is 6.07 Å². The van der Waals surface area contributed by atoms with Gasteiger partial charge in [-0.25, -0.2) is 0 Å². The molecule has 0 spiro atoms. The van der Waals surface area contributed by atoms with Crippen molar-refractivity contribution in [3.63, 3.8) is 0 Å². The summed E-state index contributed by atoms with van der Waals surface area (Å²) in [7, 11) is 0. The summed E-state index contributed by atoms with van der Waals surface area (Å²) in [5.41, 5.74) is 6.26. The summed E-state index contributed by atoms with van der Waals surface area (Å²) >= 11 is 5.90. The van der Waals surface area contributed by atoms with Crippen LogP contribution in [0, 0.1) is 0 Å². The Morgan fingerprint density at radius 2 is 2.13 bits per heavy atom. The van der Waals surface area contributed by atoms with E-state index in [0.29, 0.717) is 16.3 Å². The van der Waals surface area contributed by atoms with Gasteiger partial charge in [-0.2, -0.15) is 0 Å². The Morgan fingerprint density at radius 3 is 2.67 bits per heavy atom. The molecule has 76 valence electrons. The lowest BCUT2D eigenvalue weighted by atomic mass is 10.1. The highest BCUT2D eigenvalue weighted by Gasteiger charge is 2.08. The highest BCUT2D eigenvalue weighted by Crippen LogP contribution is 2.25. The fourth-order valence-corrected chi connectivity index (χ4v) is 1.58. The zero-order valence-electron chi connectivity index (χ0n) is 7.74. The van der Waals surface area contributed by atoms with Crippen molar-refractivity contribution in [2.45, 2.75) is 0 Å².